The fourth-order valence-electron chi connectivity index (χ4n) is 2.54. The Hall–Kier alpha value is -1.55. The first-order valence-corrected chi connectivity index (χ1v) is 7.97. The highest BCUT2D eigenvalue weighted by Gasteiger charge is 2.24. The number of carbonyl (C=O) groups is 1. The molecule has 0 aliphatic heterocycles. The minimum absolute atomic E-state index is 0.0700. The Labute approximate surface area is 127 Å². The quantitative estimate of drug-likeness (QED) is 0.723. The molecule has 4 heteroatoms. The van der Waals surface area contributed by atoms with Crippen LogP contribution in [0.3, 0.4) is 0 Å². The van der Waals surface area contributed by atoms with Crippen molar-refractivity contribution in [1.29, 1.82) is 0 Å². The number of amides is 1. The van der Waals surface area contributed by atoms with Gasteiger partial charge in [0, 0.05) is 30.9 Å². The van der Waals surface area contributed by atoms with E-state index in [1.54, 1.807) is 0 Å². The molecule has 0 spiro atoms. The van der Waals surface area contributed by atoms with Crippen LogP contribution in [0, 0.1) is 12.8 Å². The van der Waals surface area contributed by atoms with E-state index in [-0.39, 0.29) is 5.91 Å². The van der Waals surface area contributed by atoms with Crippen molar-refractivity contribution in [3.05, 3.63) is 23.8 Å². The second kappa shape index (κ2) is 7.46. The molecule has 1 aliphatic rings. The maximum Gasteiger partial charge on any atom is 0.225 e. The van der Waals surface area contributed by atoms with Gasteiger partial charge < -0.3 is 16.0 Å². The number of rotatable bonds is 8. The molecule has 1 saturated carbocycles. The number of benzene rings is 1. The van der Waals surface area contributed by atoms with Gasteiger partial charge in [-0.3, -0.25) is 4.79 Å². The molecule has 0 radical (unpaired) electrons. The molecule has 4 nitrogen and oxygen atoms in total. The van der Waals surface area contributed by atoms with E-state index >= 15 is 0 Å². The normalized spacial score (nSPS) is 14.4. The largest absolute Gasteiger partial charge is 0.398 e. The molecule has 2 rings (SSSR count). The molecular formula is C17H27N3O. The highest BCUT2D eigenvalue weighted by molar-refractivity contribution is 5.92. The van der Waals surface area contributed by atoms with Crippen molar-refractivity contribution in [3.63, 3.8) is 0 Å². The Morgan fingerprint density at radius 1 is 1.38 bits per heavy atom. The highest BCUT2D eigenvalue weighted by Crippen LogP contribution is 2.29. The van der Waals surface area contributed by atoms with Gasteiger partial charge in [-0.2, -0.15) is 0 Å². The Balaban J connectivity index is 1.81. The number of nitrogens with zero attached hydrogens (tertiary/aromatic N) is 1. The minimum Gasteiger partial charge on any atom is -0.398 e. The molecule has 21 heavy (non-hydrogen) atoms. The Kier molecular flexibility index (Phi) is 5.62. The van der Waals surface area contributed by atoms with Crippen LogP contribution in [0.15, 0.2) is 18.2 Å². The second-order valence-electron chi connectivity index (χ2n) is 6.06. The minimum atomic E-state index is 0.0700. The van der Waals surface area contributed by atoms with Gasteiger partial charge in [-0.15, -0.1) is 0 Å². The van der Waals surface area contributed by atoms with Crippen LogP contribution < -0.4 is 11.1 Å². The third kappa shape index (κ3) is 5.05. The summed E-state index contributed by atoms with van der Waals surface area (Å²) in [6.07, 6.45) is 4.40. The van der Waals surface area contributed by atoms with Crippen LogP contribution in [0.25, 0.3) is 0 Å². The molecule has 116 valence electrons. The monoisotopic (exact) mass is 289 g/mol. The van der Waals surface area contributed by atoms with Gasteiger partial charge in [-0.1, -0.05) is 13.0 Å². The van der Waals surface area contributed by atoms with Crippen molar-refractivity contribution in [1.82, 2.24) is 4.90 Å². The first kappa shape index (κ1) is 15.8. The first-order chi connectivity index (χ1) is 10.1. The first-order valence-electron chi connectivity index (χ1n) is 7.97. The van der Waals surface area contributed by atoms with Crippen molar-refractivity contribution >= 4 is 17.3 Å². The summed E-state index contributed by atoms with van der Waals surface area (Å²) in [4.78, 5) is 14.5. The van der Waals surface area contributed by atoms with E-state index in [1.807, 2.05) is 25.1 Å². The van der Waals surface area contributed by atoms with Crippen molar-refractivity contribution in [2.45, 2.75) is 39.5 Å². The van der Waals surface area contributed by atoms with Gasteiger partial charge in [0.15, 0.2) is 0 Å². The molecule has 0 atom stereocenters. The summed E-state index contributed by atoms with van der Waals surface area (Å²) >= 11 is 0. The molecular weight excluding hydrogens is 262 g/mol. The highest BCUT2D eigenvalue weighted by atomic mass is 16.1. The summed E-state index contributed by atoms with van der Waals surface area (Å²) in [7, 11) is 0. The summed E-state index contributed by atoms with van der Waals surface area (Å²) in [5.74, 6) is 0.941. The van der Waals surface area contributed by atoms with Gasteiger partial charge in [-0.05, 0) is 56.3 Å². The van der Waals surface area contributed by atoms with E-state index < -0.39 is 0 Å². The predicted octanol–water partition coefficient (Wildman–Crippen LogP) is 3.03. The maximum absolute atomic E-state index is 12.1. The van der Waals surface area contributed by atoms with Crippen LogP contribution in [0.2, 0.25) is 0 Å². The lowest BCUT2D eigenvalue weighted by Gasteiger charge is -2.21. The fraction of sp³-hybridized carbons (Fsp3) is 0.588. The molecule has 1 fully saturated rings. The van der Waals surface area contributed by atoms with Gasteiger partial charge >= 0.3 is 0 Å². The van der Waals surface area contributed by atoms with Crippen LogP contribution in [-0.4, -0.2) is 30.4 Å². The zero-order chi connectivity index (χ0) is 15.2. The Morgan fingerprint density at radius 2 is 2.14 bits per heavy atom. The van der Waals surface area contributed by atoms with Crippen LogP contribution >= 0.6 is 0 Å². The second-order valence-corrected chi connectivity index (χ2v) is 6.06. The number of anilines is 2. The summed E-state index contributed by atoms with van der Waals surface area (Å²) in [6.45, 7) is 7.20. The molecule has 1 amide bonds. The number of nitrogen functional groups attached to an aromatic ring is 1. The van der Waals surface area contributed by atoms with Crippen LogP contribution in [-0.2, 0) is 4.79 Å². The third-order valence-electron chi connectivity index (χ3n) is 4.06. The molecule has 1 aromatic rings. The van der Waals surface area contributed by atoms with Crippen LogP contribution in [0.4, 0.5) is 11.4 Å². The SMILES string of the molecule is CCCN(CCC(=O)Nc1cccc(N)c1C)CC1CC1. The Morgan fingerprint density at radius 3 is 2.81 bits per heavy atom. The molecule has 1 aromatic carbocycles. The maximum atomic E-state index is 12.1. The average molecular weight is 289 g/mol. The molecule has 3 N–H and O–H groups in total. The van der Waals surface area contributed by atoms with E-state index in [1.165, 1.54) is 12.8 Å². The molecule has 0 saturated heterocycles. The topological polar surface area (TPSA) is 58.4 Å². The van der Waals surface area contributed by atoms with Crippen molar-refractivity contribution in [3.8, 4) is 0 Å². The number of carbonyl (C=O) groups excluding carboxylic acids is 1. The van der Waals surface area contributed by atoms with E-state index in [9.17, 15) is 4.79 Å². The van der Waals surface area contributed by atoms with Gasteiger partial charge in [0.05, 0.1) is 0 Å². The van der Waals surface area contributed by atoms with Crippen molar-refractivity contribution in [2.24, 2.45) is 5.92 Å². The standard InChI is InChI=1S/C17H27N3O/c1-3-10-20(12-14-7-8-14)11-9-17(21)19-16-6-4-5-15(18)13(16)2/h4-6,14H,3,7-12,18H2,1-2H3,(H,19,21). The van der Waals surface area contributed by atoms with Crippen LogP contribution in [0.5, 0.6) is 0 Å². The molecule has 1 aliphatic carbocycles. The average Bonchev–Trinajstić information content (AvgIpc) is 3.25. The molecule has 0 unspecified atom stereocenters. The molecule has 0 heterocycles. The fourth-order valence-corrected chi connectivity index (χ4v) is 2.54. The van der Waals surface area contributed by atoms with Gasteiger partial charge in [-0.25, -0.2) is 0 Å². The summed E-state index contributed by atoms with van der Waals surface area (Å²) < 4.78 is 0. The van der Waals surface area contributed by atoms with E-state index in [2.05, 4.69) is 17.1 Å². The zero-order valence-corrected chi connectivity index (χ0v) is 13.2. The number of nitrogens with two attached hydrogens (primary N) is 1. The van der Waals surface area contributed by atoms with E-state index in [0.29, 0.717) is 12.1 Å². The zero-order valence-electron chi connectivity index (χ0n) is 13.2. The van der Waals surface area contributed by atoms with Crippen molar-refractivity contribution < 1.29 is 4.79 Å². The Bertz CT molecular complexity index is 483. The van der Waals surface area contributed by atoms with Gasteiger partial charge in [0.1, 0.15) is 0 Å². The smallest absolute Gasteiger partial charge is 0.225 e. The van der Waals surface area contributed by atoms with Crippen LogP contribution in [0.1, 0.15) is 38.2 Å². The third-order valence-corrected chi connectivity index (χ3v) is 4.06. The van der Waals surface area contributed by atoms with Gasteiger partial charge in [0.2, 0.25) is 5.91 Å². The lowest BCUT2D eigenvalue weighted by molar-refractivity contribution is -0.116. The van der Waals surface area contributed by atoms with Gasteiger partial charge in [0.25, 0.3) is 0 Å². The lowest BCUT2D eigenvalue weighted by Crippen LogP contribution is -2.30. The van der Waals surface area contributed by atoms with E-state index in [0.717, 1.165) is 43.2 Å². The summed E-state index contributed by atoms with van der Waals surface area (Å²) in [6, 6.07) is 5.62. The molecule has 0 bridgehead atoms. The number of nitrogens with one attached hydrogen (secondary N) is 1. The lowest BCUT2D eigenvalue weighted by atomic mass is 10.1. The molecule has 0 aromatic heterocycles. The number of hydrogen-bond donors (Lipinski definition) is 2. The van der Waals surface area contributed by atoms with Crippen molar-refractivity contribution in [2.75, 3.05) is 30.7 Å². The predicted molar refractivity (Wildman–Crippen MR) is 88.3 cm³/mol. The van der Waals surface area contributed by atoms with E-state index in [4.69, 9.17) is 5.73 Å². The number of hydrogen-bond acceptors (Lipinski definition) is 3. The summed E-state index contributed by atoms with van der Waals surface area (Å²) in [5, 5.41) is 2.97. The summed E-state index contributed by atoms with van der Waals surface area (Å²) in [5.41, 5.74) is 8.34.